The first kappa shape index (κ1) is 18.7. The molecule has 140 valence electrons. The average molecular weight is 366 g/mol. The van der Waals surface area contributed by atoms with Crippen LogP contribution >= 0.6 is 0 Å². The molecule has 1 saturated heterocycles. The van der Waals surface area contributed by atoms with E-state index in [2.05, 4.69) is 0 Å². The van der Waals surface area contributed by atoms with Gasteiger partial charge in [-0.05, 0) is 42.8 Å². The zero-order valence-corrected chi connectivity index (χ0v) is 15.1. The van der Waals surface area contributed by atoms with Crippen LogP contribution in [0.2, 0.25) is 0 Å². The first-order valence-electron chi connectivity index (χ1n) is 8.76. The van der Waals surface area contributed by atoms with E-state index in [1.54, 1.807) is 31.4 Å². The summed E-state index contributed by atoms with van der Waals surface area (Å²) in [6.45, 7) is 0.753. The van der Waals surface area contributed by atoms with Crippen molar-refractivity contribution in [1.29, 1.82) is 0 Å². The topological polar surface area (TPSA) is 92.9 Å². The molecule has 0 spiro atoms. The van der Waals surface area contributed by atoms with Crippen molar-refractivity contribution in [3.63, 3.8) is 0 Å². The van der Waals surface area contributed by atoms with E-state index in [4.69, 9.17) is 10.5 Å². The standard InChI is InChI=1S/C21H22N2O4/c1-27-16-10-8-15(9-11-16)19(24)17-18(14-6-3-2-4-7-14)23(13-5-12-22)21(26)20(17)25/h2-4,6-11,18,24H,5,12-13,22H2,1H3/b19-17+. The number of ether oxygens (including phenoxy) is 1. The second-order valence-electron chi connectivity index (χ2n) is 6.27. The fraction of sp³-hybridized carbons (Fsp3) is 0.238. The van der Waals surface area contributed by atoms with E-state index in [9.17, 15) is 14.7 Å². The molecule has 27 heavy (non-hydrogen) atoms. The number of nitrogens with two attached hydrogens (primary N) is 1. The second-order valence-corrected chi connectivity index (χ2v) is 6.27. The Balaban J connectivity index is 2.11. The summed E-state index contributed by atoms with van der Waals surface area (Å²) in [5, 5.41) is 10.9. The number of Topliss-reactive ketones (excluding diaryl/α,β-unsaturated/α-hetero) is 1. The first-order valence-corrected chi connectivity index (χ1v) is 8.76. The van der Waals surface area contributed by atoms with Gasteiger partial charge in [0.25, 0.3) is 11.7 Å². The van der Waals surface area contributed by atoms with Crippen LogP contribution in [0.1, 0.15) is 23.6 Å². The van der Waals surface area contributed by atoms with E-state index in [0.29, 0.717) is 30.8 Å². The fourth-order valence-electron chi connectivity index (χ4n) is 3.26. The fourth-order valence-corrected chi connectivity index (χ4v) is 3.26. The number of rotatable bonds is 6. The summed E-state index contributed by atoms with van der Waals surface area (Å²) < 4.78 is 5.13. The molecular formula is C21H22N2O4. The second kappa shape index (κ2) is 8.05. The molecule has 1 atom stereocenters. The average Bonchev–Trinajstić information content (AvgIpc) is 2.97. The van der Waals surface area contributed by atoms with Crippen molar-refractivity contribution in [3.8, 4) is 5.75 Å². The summed E-state index contributed by atoms with van der Waals surface area (Å²) in [5.74, 6) is -0.865. The molecule has 0 saturated carbocycles. The molecule has 0 bridgehead atoms. The first-order chi connectivity index (χ1) is 13.1. The van der Waals surface area contributed by atoms with Crippen LogP contribution < -0.4 is 10.5 Å². The van der Waals surface area contributed by atoms with Crippen LogP contribution in [-0.4, -0.2) is 41.9 Å². The van der Waals surface area contributed by atoms with Gasteiger partial charge in [0.2, 0.25) is 0 Å². The Morgan fingerprint density at radius 2 is 1.78 bits per heavy atom. The number of hydrogen-bond acceptors (Lipinski definition) is 5. The normalized spacial score (nSPS) is 18.7. The number of amides is 1. The van der Waals surface area contributed by atoms with Crippen molar-refractivity contribution in [3.05, 3.63) is 71.3 Å². The molecule has 2 aromatic carbocycles. The lowest BCUT2D eigenvalue weighted by atomic mass is 9.95. The van der Waals surface area contributed by atoms with Crippen LogP contribution in [0.4, 0.5) is 0 Å². The van der Waals surface area contributed by atoms with Crippen LogP contribution in [0, 0.1) is 0 Å². The Bertz CT molecular complexity index is 860. The monoisotopic (exact) mass is 366 g/mol. The van der Waals surface area contributed by atoms with Crippen molar-refractivity contribution in [2.75, 3.05) is 20.2 Å². The molecule has 6 heteroatoms. The Labute approximate surface area is 157 Å². The van der Waals surface area contributed by atoms with Crippen LogP contribution in [0.5, 0.6) is 5.75 Å². The van der Waals surface area contributed by atoms with E-state index in [0.717, 1.165) is 5.56 Å². The summed E-state index contributed by atoms with van der Waals surface area (Å²) in [6, 6.07) is 15.3. The molecule has 1 heterocycles. The molecular weight excluding hydrogens is 344 g/mol. The zero-order chi connectivity index (χ0) is 19.4. The maximum absolute atomic E-state index is 12.7. The highest BCUT2D eigenvalue weighted by molar-refractivity contribution is 6.46. The maximum Gasteiger partial charge on any atom is 0.295 e. The lowest BCUT2D eigenvalue weighted by Gasteiger charge is -2.25. The van der Waals surface area contributed by atoms with E-state index in [1.165, 1.54) is 4.90 Å². The SMILES string of the molecule is COc1ccc(/C(O)=C2\C(=O)C(=O)N(CCCN)C2c2ccccc2)cc1. The number of benzene rings is 2. The van der Waals surface area contributed by atoms with Crippen LogP contribution in [0.3, 0.4) is 0 Å². The quantitative estimate of drug-likeness (QED) is 0.465. The van der Waals surface area contributed by atoms with E-state index in [-0.39, 0.29) is 11.3 Å². The lowest BCUT2D eigenvalue weighted by Crippen LogP contribution is -2.31. The van der Waals surface area contributed by atoms with Crippen molar-refractivity contribution < 1.29 is 19.4 Å². The molecule has 1 aliphatic heterocycles. The Morgan fingerprint density at radius 3 is 2.37 bits per heavy atom. The number of nitrogens with zero attached hydrogens (tertiary/aromatic N) is 1. The number of carbonyl (C=O) groups is 2. The van der Waals surface area contributed by atoms with Gasteiger partial charge < -0.3 is 20.5 Å². The molecule has 2 aromatic rings. The minimum Gasteiger partial charge on any atom is -0.507 e. The van der Waals surface area contributed by atoms with Crippen molar-refractivity contribution >= 4 is 17.4 Å². The van der Waals surface area contributed by atoms with Gasteiger partial charge in [-0.15, -0.1) is 0 Å². The van der Waals surface area contributed by atoms with Gasteiger partial charge in [-0.1, -0.05) is 30.3 Å². The van der Waals surface area contributed by atoms with Gasteiger partial charge in [-0.3, -0.25) is 9.59 Å². The molecule has 1 aliphatic rings. The summed E-state index contributed by atoms with van der Waals surface area (Å²) in [4.78, 5) is 26.8. The van der Waals surface area contributed by atoms with Crippen LogP contribution in [0.25, 0.3) is 5.76 Å². The number of aliphatic hydroxyl groups excluding tert-OH is 1. The van der Waals surface area contributed by atoms with Crippen LogP contribution in [-0.2, 0) is 9.59 Å². The third-order valence-electron chi connectivity index (χ3n) is 4.62. The highest BCUT2D eigenvalue weighted by atomic mass is 16.5. The molecule has 1 amide bonds. The number of likely N-dealkylation sites (tertiary alicyclic amines) is 1. The molecule has 1 unspecified atom stereocenters. The number of ketones is 1. The summed E-state index contributed by atoms with van der Waals surface area (Å²) in [5.41, 5.74) is 6.90. The van der Waals surface area contributed by atoms with E-state index in [1.807, 2.05) is 30.3 Å². The summed E-state index contributed by atoms with van der Waals surface area (Å²) in [6.07, 6.45) is 0.568. The molecule has 0 aliphatic carbocycles. The number of hydrogen-bond donors (Lipinski definition) is 2. The van der Waals surface area contributed by atoms with E-state index >= 15 is 0 Å². The molecule has 1 fully saturated rings. The van der Waals surface area contributed by atoms with Gasteiger partial charge in [-0.2, -0.15) is 0 Å². The molecule has 3 N–H and O–H groups in total. The lowest BCUT2D eigenvalue weighted by molar-refractivity contribution is -0.139. The van der Waals surface area contributed by atoms with Gasteiger partial charge in [0.05, 0.1) is 18.7 Å². The van der Waals surface area contributed by atoms with Gasteiger partial charge >= 0.3 is 0 Å². The highest BCUT2D eigenvalue weighted by Gasteiger charge is 2.45. The third kappa shape index (κ3) is 3.57. The van der Waals surface area contributed by atoms with Crippen LogP contribution in [0.15, 0.2) is 60.2 Å². The number of carbonyl (C=O) groups excluding carboxylic acids is 2. The zero-order valence-electron chi connectivity index (χ0n) is 15.1. The minimum absolute atomic E-state index is 0.0911. The predicted octanol–water partition coefficient (Wildman–Crippen LogP) is 2.47. The maximum atomic E-state index is 12.7. The summed E-state index contributed by atoms with van der Waals surface area (Å²) >= 11 is 0. The van der Waals surface area contributed by atoms with Crippen molar-refractivity contribution in [2.24, 2.45) is 5.73 Å². The van der Waals surface area contributed by atoms with Gasteiger partial charge in [0, 0.05) is 12.1 Å². The largest absolute Gasteiger partial charge is 0.507 e. The Kier molecular flexibility index (Phi) is 5.57. The highest BCUT2D eigenvalue weighted by Crippen LogP contribution is 2.39. The molecule has 3 rings (SSSR count). The smallest absolute Gasteiger partial charge is 0.295 e. The Hall–Kier alpha value is -3.12. The van der Waals surface area contributed by atoms with Gasteiger partial charge in [-0.25, -0.2) is 0 Å². The van der Waals surface area contributed by atoms with Gasteiger partial charge in [0.15, 0.2) is 0 Å². The predicted molar refractivity (Wildman–Crippen MR) is 102 cm³/mol. The molecule has 6 nitrogen and oxygen atoms in total. The number of aliphatic hydroxyl groups is 1. The molecule has 0 radical (unpaired) electrons. The third-order valence-corrected chi connectivity index (χ3v) is 4.62. The Morgan fingerprint density at radius 1 is 1.11 bits per heavy atom. The molecule has 0 aromatic heterocycles. The van der Waals surface area contributed by atoms with E-state index < -0.39 is 17.7 Å². The number of methoxy groups -OCH3 is 1. The van der Waals surface area contributed by atoms with Crippen molar-refractivity contribution in [1.82, 2.24) is 4.90 Å². The summed E-state index contributed by atoms with van der Waals surface area (Å²) in [7, 11) is 1.55. The minimum atomic E-state index is -0.686. The van der Waals surface area contributed by atoms with Crippen molar-refractivity contribution in [2.45, 2.75) is 12.5 Å². The van der Waals surface area contributed by atoms with Gasteiger partial charge in [0.1, 0.15) is 11.5 Å².